The molecule has 4 N–H and O–H groups in total. The van der Waals surface area contributed by atoms with Crippen molar-refractivity contribution in [1.29, 1.82) is 0 Å². The van der Waals surface area contributed by atoms with Crippen molar-refractivity contribution >= 4 is 33.5 Å². The first-order valence-corrected chi connectivity index (χ1v) is 6.69. The van der Waals surface area contributed by atoms with E-state index in [4.69, 9.17) is 10.8 Å². The minimum absolute atomic E-state index is 0.232. The van der Waals surface area contributed by atoms with E-state index in [1.54, 1.807) is 24.4 Å². The SMILES string of the molecule is NC(=O)c1ccc(NCc2cn(CC(=O)O)nn2)c(Br)c1. The molecule has 0 saturated heterocycles. The van der Waals surface area contributed by atoms with Crippen molar-refractivity contribution in [2.24, 2.45) is 5.73 Å². The predicted octanol–water partition coefficient (Wildman–Crippen LogP) is 0.836. The number of anilines is 1. The van der Waals surface area contributed by atoms with E-state index in [-0.39, 0.29) is 6.54 Å². The third-order valence-corrected chi connectivity index (χ3v) is 3.25. The van der Waals surface area contributed by atoms with Gasteiger partial charge in [-0.2, -0.15) is 0 Å². The number of nitrogens with zero attached hydrogens (tertiary/aromatic N) is 3. The van der Waals surface area contributed by atoms with Gasteiger partial charge in [0.1, 0.15) is 12.2 Å². The minimum atomic E-state index is -0.982. The van der Waals surface area contributed by atoms with E-state index < -0.39 is 11.9 Å². The molecule has 0 radical (unpaired) electrons. The van der Waals surface area contributed by atoms with Gasteiger partial charge in [0, 0.05) is 15.7 Å². The summed E-state index contributed by atoms with van der Waals surface area (Å²) in [6.07, 6.45) is 1.55. The van der Waals surface area contributed by atoms with Gasteiger partial charge in [-0.15, -0.1) is 5.10 Å². The molecule has 0 aliphatic carbocycles. The van der Waals surface area contributed by atoms with E-state index >= 15 is 0 Å². The Morgan fingerprint density at radius 3 is 2.81 bits per heavy atom. The highest BCUT2D eigenvalue weighted by atomic mass is 79.9. The van der Waals surface area contributed by atoms with Crippen LogP contribution in [-0.4, -0.2) is 32.0 Å². The number of hydrogen-bond acceptors (Lipinski definition) is 5. The lowest BCUT2D eigenvalue weighted by atomic mass is 10.2. The highest BCUT2D eigenvalue weighted by Gasteiger charge is 2.07. The number of aliphatic carboxylic acids is 1. The number of rotatable bonds is 6. The number of halogens is 1. The number of benzene rings is 1. The number of carboxylic acids is 1. The van der Waals surface area contributed by atoms with E-state index in [0.29, 0.717) is 22.3 Å². The van der Waals surface area contributed by atoms with Crippen molar-refractivity contribution in [2.45, 2.75) is 13.1 Å². The lowest BCUT2D eigenvalue weighted by molar-refractivity contribution is -0.137. The second kappa shape index (κ2) is 6.35. The van der Waals surface area contributed by atoms with Gasteiger partial charge in [-0.05, 0) is 34.1 Å². The first kappa shape index (κ1) is 15.0. The first-order valence-electron chi connectivity index (χ1n) is 5.89. The Labute approximate surface area is 128 Å². The lowest BCUT2D eigenvalue weighted by Gasteiger charge is -2.07. The quantitative estimate of drug-likeness (QED) is 0.706. The molecule has 0 spiro atoms. The van der Waals surface area contributed by atoms with Gasteiger partial charge in [0.2, 0.25) is 5.91 Å². The highest BCUT2D eigenvalue weighted by Crippen LogP contribution is 2.23. The Bertz CT molecular complexity index is 685. The summed E-state index contributed by atoms with van der Waals surface area (Å²) < 4.78 is 1.93. The van der Waals surface area contributed by atoms with Gasteiger partial charge in [-0.3, -0.25) is 9.59 Å². The molecule has 21 heavy (non-hydrogen) atoms. The normalized spacial score (nSPS) is 10.3. The molecule has 2 aromatic rings. The van der Waals surface area contributed by atoms with Crippen LogP contribution in [0, 0.1) is 0 Å². The van der Waals surface area contributed by atoms with Gasteiger partial charge >= 0.3 is 5.97 Å². The number of nitrogens with one attached hydrogen (secondary N) is 1. The van der Waals surface area contributed by atoms with E-state index in [1.165, 1.54) is 4.68 Å². The summed E-state index contributed by atoms with van der Waals surface area (Å²) in [4.78, 5) is 21.6. The van der Waals surface area contributed by atoms with Crippen LogP contribution in [0.2, 0.25) is 0 Å². The largest absolute Gasteiger partial charge is 0.480 e. The maximum atomic E-state index is 11.0. The second-order valence-electron chi connectivity index (χ2n) is 4.21. The molecule has 8 nitrogen and oxygen atoms in total. The number of carbonyl (C=O) groups is 2. The van der Waals surface area contributed by atoms with Gasteiger partial charge in [0.25, 0.3) is 0 Å². The van der Waals surface area contributed by atoms with Crippen LogP contribution < -0.4 is 11.1 Å². The number of primary amides is 1. The fraction of sp³-hybridized carbons (Fsp3) is 0.167. The van der Waals surface area contributed by atoms with Crippen LogP contribution >= 0.6 is 15.9 Å². The summed E-state index contributed by atoms with van der Waals surface area (Å²) >= 11 is 3.34. The van der Waals surface area contributed by atoms with Crippen LogP contribution in [0.1, 0.15) is 16.1 Å². The van der Waals surface area contributed by atoms with Gasteiger partial charge in [-0.1, -0.05) is 5.21 Å². The fourth-order valence-electron chi connectivity index (χ4n) is 1.63. The first-order chi connectivity index (χ1) is 9.95. The number of carbonyl (C=O) groups excluding carboxylic acids is 1. The summed E-state index contributed by atoms with van der Waals surface area (Å²) in [5.74, 6) is -1.48. The van der Waals surface area contributed by atoms with E-state index in [0.717, 1.165) is 5.69 Å². The standard InChI is InChI=1S/C12H12BrN5O3/c13-9-3-7(12(14)21)1-2-10(9)15-4-8-5-18(17-16-8)6-11(19)20/h1-3,5,15H,4,6H2,(H2,14,21)(H,19,20). The van der Waals surface area contributed by atoms with Crippen LogP contribution in [-0.2, 0) is 17.9 Å². The average Bonchev–Trinajstić information content (AvgIpc) is 2.83. The summed E-state index contributed by atoms with van der Waals surface area (Å²) in [7, 11) is 0. The predicted molar refractivity (Wildman–Crippen MR) is 77.6 cm³/mol. The summed E-state index contributed by atoms with van der Waals surface area (Å²) in [5.41, 5.74) is 6.95. The third-order valence-electron chi connectivity index (χ3n) is 2.60. The highest BCUT2D eigenvalue weighted by molar-refractivity contribution is 9.10. The van der Waals surface area contributed by atoms with Gasteiger partial charge in [0.05, 0.1) is 12.7 Å². The molecule has 0 aliphatic heterocycles. The van der Waals surface area contributed by atoms with Crippen LogP contribution in [0.4, 0.5) is 5.69 Å². The van der Waals surface area contributed by atoms with Gasteiger partial charge in [-0.25, -0.2) is 4.68 Å². The zero-order valence-electron chi connectivity index (χ0n) is 10.8. The van der Waals surface area contributed by atoms with E-state index in [9.17, 15) is 9.59 Å². The third kappa shape index (κ3) is 4.02. The zero-order chi connectivity index (χ0) is 15.4. The number of nitrogens with two attached hydrogens (primary N) is 1. The molecule has 110 valence electrons. The van der Waals surface area contributed by atoms with Crippen LogP contribution in [0.25, 0.3) is 0 Å². The van der Waals surface area contributed by atoms with Gasteiger partial charge in [0.15, 0.2) is 0 Å². The molecule has 1 aromatic carbocycles. The summed E-state index contributed by atoms with van der Waals surface area (Å²) in [6, 6.07) is 4.94. The molecule has 0 saturated carbocycles. The van der Waals surface area contributed by atoms with Crippen LogP contribution in [0.3, 0.4) is 0 Å². The molecular weight excluding hydrogens is 342 g/mol. The fourth-order valence-corrected chi connectivity index (χ4v) is 2.15. The lowest BCUT2D eigenvalue weighted by Crippen LogP contribution is -2.11. The summed E-state index contributed by atoms with van der Waals surface area (Å²) in [6.45, 7) is 0.137. The number of aromatic nitrogens is 3. The Hall–Kier alpha value is -2.42. The topological polar surface area (TPSA) is 123 Å². The molecule has 0 aliphatic rings. The minimum Gasteiger partial charge on any atom is -0.480 e. The number of amides is 1. The molecule has 2 rings (SSSR count). The molecule has 0 atom stereocenters. The maximum absolute atomic E-state index is 11.0. The Morgan fingerprint density at radius 2 is 2.19 bits per heavy atom. The summed E-state index contributed by atoms with van der Waals surface area (Å²) in [5, 5.41) is 19.3. The molecular formula is C12H12BrN5O3. The Balaban J connectivity index is 2.01. The van der Waals surface area contributed by atoms with Crippen LogP contribution in [0.15, 0.2) is 28.9 Å². The van der Waals surface area contributed by atoms with Gasteiger partial charge < -0.3 is 16.2 Å². The number of hydrogen-bond donors (Lipinski definition) is 3. The number of carboxylic acid groups (broad SMARTS) is 1. The monoisotopic (exact) mass is 353 g/mol. The molecule has 1 amide bonds. The smallest absolute Gasteiger partial charge is 0.325 e. The Morgan fingerprint density at radius 1 is 1.43 bits per heavy atom. The average molecular weight is 354 g/mol. The van der Waals surface area contributed by atoms with Crippen LogP contribution in [0.5, 0.6) is 0 Å². The van der Waals surface area contributed by atoms with Crippen molar-refractivity contribution in [3.63, 3.8) is 0 Å². The molecule has 1 heterocycles. The van der Waals surface area contributed by atoms with E-state index in [1.807, 2.05) is 0 Å². The second-order valence-corrected chi connectivity index (χ2v) is 5.07. The van der Waals surface area contributed by atoms with Crippen molar-refractivity contribution in [2.75, 3.05) is 5.32 Å². The molecule has 1 aromatic heterocycles. The maximum Gasteiger partial charge on any atom is 0.325 e. The van der Waals surface area contributed by atoms with Crippen molar-refractivity contribution in [3.8, 4) is 0 Å². The Kier molecular flexibility index (Phi) is 4.53. The molecule has 0 fully saturated rings. The van der Waals surface area contributed by atoms with Crippen molar-refractivity contribution < 1.29 is 14.7 Å². The molecule has 9 heteroatoms. The van der Waals surface area contributed by atoms with Crippen molar-refractivity contribution in [1.82, 2.24) is 15.0 Å². The molecule has 0 bridgehead atoms. The van der Waals surface area contributed by atoms with Crippen molar-refractivity contribution in [3.05, 3.63) is 40.1 Å². The zero-order valence-corrected chi connectivity index (χ0v) is 12.4. The molecule has 0 unspecified atom stereocenters. The van der Waals surface area contributed by atoms with E-state index in [2.05, 4.69) is 31.6 Å².